The zero-order valence-electron chi connectivity index (χ0n) is 8.30. The molecular formula is C11H10N2O2. The van der Waals surface area contributed by atoms with Crippen molar-refractivity contribution in [2.24, 2.45) is 0 Å². The fraction of sp³-hybridized carbons (Fsp3) is 0.182. The Labute approximate surface area is 86.9 Å². The van der Waals surface area contributed by atoms with Gasteiger partial charge in [-0.05, 0) is 19.1 Å². The molecule has 0 radical (unpaired) electrons. The van der Waals surface area contributed by atoms with Gasteiger partial charge in [-0.25, -0.2) is 9.78 Å². The number of hydrogen-bond donors (Lipinski definition) is 0. The van der Waals surface area contributed by atoms with Crippen molar-refractivity contribution in [2.75, 3.05) is 6.61 Å². The van der Waals surface area contributed by atoms with Crippen LogP contribution in [0.2, 0.25) is 0 Å². The van der Waals surface area contributed by atoms with Crippen molar-refractivity contribution < 1.29 is 9.53 Å². The minimum atomic E-state index is -0.400. The average Bonchev–Trinajstić information content (AvgIpc) is 2.29. The van der Waals surface area contributed by atoms with Gasteiger partial charge in [0.1, 0.15) is 5.69 Å². The van der Waals surface area contributed by atoms with Crippen LogP contribution in [-0.4, -0.2) is 22.5 Å². The van der Waals surface area contributed by atoms with Gasteiger partial charge in [-0.1, -0.05) is 6.07 Å². The van der Waals surface area contributed by atoms with Gasteiger partial charge in [0, 0.05) is 11.6 Å². The topological polar surface area (TPSA) is 52.1 Å². The van der Waals surface area contributed by atoms with Crippen LogP contribution in [0.1, 0.15) is 17.4 Å². The van der Waals surface area contributed by atoms with Crippen LogP contribution >= 0.6 is 0 Å². The SMILES string of the molecule is CCOC(=O)c1ccc2ccncc2n1. The molecule has 15 heavy (non-hydrogen) atoms. The maximum Gasteiger partial charge on any atom is 0.356 e. The number of carbonyl (C=O) groups is 1. The van der Waals surface area contributed by atoms with Gasteiger partial charge in [-0.3, -0.25) is 4.98 Å². The monoisotopic (exact) mass is 202 g/mol. The van der Waals surface area contributed by atoms with Crippen LogP contribution in [0.15, 0.2) is 30.6 Å². The van der Waals surface area contributed by atoms with Crippen molar-refractivity contribution in [1.82, 2.24) is 9.97 Å². The second-order valence-electron chi connectivity index (χ2n) is 2.99. The molecule has 0 saturated heterocycles. The molecule has 0 unspecified atom stereocenters. The minimum Gasteiger partial charge on any atom is -0.461 e. The zero-order valence-corrected chi connectivity index (χ0v) is 8.30. The maximum atomic E-state index is 11.4. The molecule has 0 bridgehead atoms. The Morgan fingerprint density at radius 2 is 2.27 bits per heavy atom. The highest BCUT2D eigenvalue weighted by atomic mass is 16.5. The molecule has 0 spiro atoms. The van der Waals surface area contributed by atoms with Gasteiger partial charge in [0.25, 0.3) is 0 Å². The second kappa shape index (κ2) is 4.04. The van der Waals surface area contributed by atoms with Crippen LogP contribution in [0.4, 0.5) is 0 Å². The van der Waals surface area contributed by atoms with E-state index < -0.39 is 5.97 Å². The number of nitrogens with zero attached hydrogens (tertiary/aromatic N) is 2. The van der Waals surface area contributed by atoms with Crippen molar-refractivity contribution in [2.45, 2.75) is 6.92 Å². The minimum absolute atomic E-state index is 0.317. The molecule has 0 N–H and O–H groups in total. The summed E-state index contributed by atoms with van der Waals surface area (Å²) in [4.78, 5) is 19.5. The molecule has 0 aliphatic heterocycles. The summed E-state index contributed by atoms with van der Waals surface area (Å²) in [5.74, 6) is -0.400. The van der Waals surface area contributed by atoms with Gasteiger partial charge >= 0.3 is 5.97 Å². The van der Waals surface area contributed by atoms with Crippen molar-refractivity contribution in [3.63, 3.8) is 0 Å². The first-order valence-electron chi connectivity index (χ1n) is 4.69. The number of rotatable bonds is 2. The quantitative estimate of drug-likeness (QED) is 0.697. The standard InChI is InChI=1S/C11H10N2O2/c1-2-15-11(14)9-4-3-8-5-6-12-7-10(8)13-9/h3-7H,2H2,1H3. The first kappa shape index (κ1) is 9.58. The van der Waals surface area contributed by atoms with Crippen LogP contribution in [-0.2, 0) is 4.74 Å². The first-order valence-corrected chi connectivity index (χ1v) is 4.69. The van der Waals surface area contributed by atoms with Crippen molar-refractivity contribution in [3.8, 4) is 0 Å². The fourth-order valence-corrected chi connectivity index (χ4v) is 1.29. The molecule has 0 saturated carbocycles. The third kappa shape index (κ3) is 1.93. The van der Waals surface area contributed by atoms with E-state index in [-0.39, 0.29) is 0 Å². The second-order valence-corrected chi connectivity index (χ2v) is 2.99. The van der Waals surface area contributed by atoms with Crippen LogP contribution in [0.25, 0.3) is 10.9 Å². The Kier molecular flexibility index (Phi) is 2.58. The molecule has 2 heterocycles. The Morgan fingerprint density at radius 1 is 1.40 bits per heavy atom. The smallest absolute Gasteiger partial charge is 0.356 e. The maximum absolute atomic E-state index is 11.4. The van der Waals surface area contributed by atoms with Gasteiger partial charge in [0.2, 0.25) is 0 Å². The summed E-state index contributed by atoms with van der Waals surface area (Å²) in [6, 6.07) is 5.33. The summed E-state index contributed by atoms with van der Waals surface area (Å²) in [5, 5.41) is 0.957. The lowest BCUT2D eigenvalue weighted by Gasteiger charge is -2.01. The van der Waals surface area contributed by atoms with E-state index in [9.17, 15) is 4.79 Å². The number of carbonyl (C=O) groups excluding carboxylic acids is 1. The molecule has 0 amide bonds. The summed E-state index contributed by atoms with van der Waals surface area (Å²) in [6.45, 7) is 2.12. The fourth-order valence-electron chi connectivity index (χ4n) is 1.29. The van der Waals surface area contributed by atoms with Crippen molar-refractivity contribution >= 4 is 16.9 Å². The van der Waals surface area contributed by atoms with Gasteiger partial charge in [0.05, 0.1) is 18.3 Å². The molecule has 0 aromatic carbocycles. The highest BCUT2D eigenvalue weighted by molar-refractivity contribution is 5.90. The van der Waals surface area contributed by atoms with Crippen molar-refractivity contribution in [3.05, 3.63) is 36.3 Å². The molecule has 2 aromatic heterocycles. The predicted molar refractivity (Wildman–Crippen MR) is 55.5 cm³/mol. The summed E-state index contributed by atoms with van der Waals surface area (Å²) in [5.41, 5.74) is 1.01. The molecule has 76 valence electrons. The number of aromatic nitrogens is 2. The Hall–Kier alpha value is -1.97. The number of pyridine rings is 2. The first-order chi connectivity index (χ1) is 7.31. The van der Waals surface area contributed by atoms with Crippen LogP contribution in [0.3, 0.4) is 0 Å². The lowest BCUT2D eigenvalue weighted by Crippen LogP contribution is -2.06. The molecule has 4 heteroatoms. The Bertz CT molecular complexity index is 497. The highest BCUT2D eigenvalue weighted by Crippen LogP contribution is 2.10. The number of hydrogen-bond acceptors (Lipinski definition) is 4. The third-order valence-corrected chi connectivity index (χ3v) is 1.98. The number of ether oxygens (including phenoxy) is 1. The predicted octanol–water partition coefficient (Wildman–Crippen LogP) is 1.81. The highest BCUT2D eigenvalue weighted by Gasteiger charge is 2.08. The van der Waals surface area contributed by atoms with Crippen LogP contribution in [0.5, 0.6) is 0 Å². The Morgan fingerprint density at radius 3 is 3.07 bits per heavy atom. The lowest BCUT2D eigenvalue weighted by atomic mass is 10.2. The third-order valence-electron chi connectivity index (χ3n) is 1.98. The molecule has 0 aliphatic rings. The molecule has 0 atom stereocenters. The zero-order chi connectivity index (χ0) is 10.7. The van der Waals surface area contributed by atoms with Crippen LogP contribution in [0, 0.1) is 0 Å². The average molecular weight is 202 g/mol. The van der Waals surface area contributed by atoms with E-state index in [2.05, 4.69) is 9.97 Å². The molecule has 0 fully saturated rings. The summed E-state index contributed by atoms with van der Waals surface area (Å²) < 4.78 is 4.85. The van der Waals surface area contributed by atoms with E-state index >= 15 is 0 Å². The Balaban J connectivity index is 2.42. The van der Waals surface area contributed by atoms with E-state index in [0.717, 1.165) is 5.39 Å². The molecular weight excluding hydrogens is 192 g/mol. The number of fused-ring (bicyclic) bond motifs is 1. The number of esters is 1. The molecule has 2 aromatic rings. The van der Waals surface area contributed by atoms with E-state index in [4.69, 9.17) is 4.74 Å². The van der Waals surface area contributed by atoms with Crippen molar-refractivity contribution in [1.29, 1.82) is 0 Å². The van der Waals surface area contributed by atoms with Gasteiger partial charge in [-0.2, -0.15) is 0 Å². The van der Waals surface area contributed by atoms with Gasteiger partial charge in [-0.15, -0.1) is 0 Å². The molecule has 0 aliphatic carbocycles. The van der Waals surface area contributed by atoms with E-state index in [1.165, 1.54) is 0 Å². The van der Waals surface area contributed by atoms with E-state index in [1.54, 1.807) is 25.4 Å². The van der Waals surface area contributed by atoms with Gasteiger partial charge in [0.15, 0.2) is 0 Å². The normalized spacial score (nSPS) is 10.2. The van der Waals surface area contributed by atoms with Gasteiger partial charge < -0.3 is 4.74 Å². The summed E-state index contributed by atoms with van der Waals surface area (Å²) in [7, 11) is 0. The molecule has 4 nitrogen and oxygen atoms in total. The largest absolute Gasteiger partial charge is 0.461 e. The van der Waals surface area contributed by atoms with Crippen LogP contribution < -0.4 is 0 Å². The summed E-state index contributed by atoms with van der Waals surface area (Å²) in [6.07, 6.45) is 3.31. The van der Waals surface area contributed by atoms with E-state index in [0.29, 0.717) is 17.8 Å². The lowest BCUT2D eigenvalue weighted by molar-refractivity contribution is 0.0520. The molecule has 2 rings (SSSR count). The van der Waals surface area contributed by atoms with E-state index in [1.807, 2.05) is 12.1 Å². The summed E-state index contributed by atoms with van der Waals surface area (Å²) >= 11 is 0.